The van der Waals surface area contributed by atoms with E-state index in [4.69, 9.17) is 0 Å². The number of rotatable bonds is 5. The second-order valence-electron chi connectivity index (χ2n) is 6.72. The fourth-order valence-corrected chi connectivity index (χ4v) is 3.03. The summed E-state index contributed by atoms with van der Waals surface area (Å²) in [6, 6.07) is 6.94. The fraction of sp³-hybridized carbons (Fsp3) is 0.368. The van der Waals surface area contributed by atoms with Gasteiger partial charge in [-0.05, 0) is 24.1 Å². The lowest BCUT2D eigenvalue weighted by Crippen LogP contribution is -2.44. The van der Waals surface area contributed by atoms with Gasteiger partial charge in [0.15, 0.2) is 0 Å². The Hall–Kier alpha value is -3.16. The minimum Gasteiger partial charge on any atom is -0.344 e. The number of aromatic nitrogens is 2. The number of amides is 3. The predicted octanol–water partition coefficient (Wildman–Crippen LogP) is 0.540. The zero-order valence-electron chi connectivity index (χ0n) is 15.8. The van der Waals surface area contributed by atoms with Crippen LogP contribution in [-0.4, -0.2) is 71.0 Å². The van der Waals surface area contributed by atoms with Crippen molar-refractivity contribution in [3.63, 3.8) is 0 Å². The van der Waals surface area contributed by atoms with Crippen molar-refractivity contribution in [2.45, 2.75) is 6.42 Å². The number of anilines is 1. The Labute approximate surface area is 158 Å². The third kappa shape index (κ3) is 3.99. The lowest BCUT2D eigenvalue weighted by molar-refractivity contribution is -0.131. The Morgan fingerprint density at radius 3 is 2.67 bits per heavy atom. The minimum atomic E-state index is -0.308. The molecule has 3 rings (SSSR count). The summed E-state index contributed by atoms with van der Waals surface area (Å²) in [5.41, 5.74) is 2.03. The maximum Gasteiger partial charge on any atom is 0.256 e. The number of likely N-dealkylation sites (N-methyl/N-ethyl adjacent to an activating group) is 2. The van der Waals surface area contributed by atoms with Gasteiger partial charge in [0.2, 0.25) is 11.8 Å². The molecule has 3 amide bonds. The number of nitrogens with zero attached hydrogens (tertiary/aromatic N) is 5. The summed E-state index contributed by atoms with van der Waals surface area (Å²) in [6.07, 6.45) is 4.35. The molecule has 2 heterocycles. The van der Waals surface area contributed by atoms with E-state index in [1.165, 1.54) is 9.80 Å². The average Bonchev–Trinajstić information content (AvgIpc) is 3.06. The van der Waals surface area contributed by atoms with Crippen molar-refractivity contribution in [3.8, 4) is 0 Å². The van der Waals surface area contributed by atoms with Crippen LogP contribution in [0.3, 0.4) is 0 Å². The highest BCUT2D eigenvalue weighted by Gasteiger charge is 2.31. The Morgan fingerprint density at radius 1 is 1.22 bits per heavy atom. The molecule has 0 fully saturated rings. The average molecular weight is 369 g/mol. The van der Waals surface area contributed by atoms with Crippen LogP contribution in [0.15, 0.2) is 36.7 Å². The molecule has 2 aromatic rings. The van der Waals surface area contributed by atoms with E-state index in [0.29, 0.717) is 24.2 Å². The van der Waals surface area contributed by atoms with Crippen molar-refractivity contribution in [3.05, 3.63) is 47.8 Å². The SMILES string of the molecule is CN(CCc1cnn(C)c1)C(=O)CN1CC(=O)N(C)c2ccccc2C1=O. The molecule has 1 aromatic heterocycles. The first kappa shape index (κ1) is 18.6. The maximum atomic E-state index is 12.8. The van der Waals surface area contributed by atoms with E-state index in [-0.39, 0.29) is 30.8 Å². The second kappa shape index (κ2) is 7.61. The zero-order chi connectivity index (χ0) is 19.6. The summed E-state index contributed by atoms with van der Waals surface area (Å²) in [5.74, 6) is -0.738. The summed E-state index contributed by atoms with van der Waals surface area (Å²) in [7, 11) is 5.18. The Morgan fingerprint density at radius 2 is 1.96 bits per heavy atom. The van der Waals surface area contributed by atoms with Crippen LogP contribution in [0.4, 0.5) is 5.69 Å². The molecule has 1 aliphatic rings. The first-order valence-corrected chi connectivity index (χ1v) is 8.73. The van der Waals surface area contributed by atoms with Gasteiger partial charge in [0.05, 0.1) is 17.4 Å². The fourth-order valence-electron chi connectivity index (χ4n) is 3.03. The Kier molecular flexibility index (Phi) is 5.25. The topological polar surface area (TPSA) is 78.8 Å². The summed E-state index contributed by atoms with van der Waals surface area (Å²) < 4.78 is 1.71. The molecule has 27 heavy (non-hydrogen) atoms. The van der Waals surface area contributed by atoms with Gasteiger partial charge in [-0.15, -0.1) is 0 Å². The summed E-state index contributed by atoms with van der Waals surface area (Å²) >= 11 is 0. The van der Waals surface area contributed by atoms with Crippen LogP contribution < -0.4 is 4.90 Å². The molecule has 0 bridgehead atoms. The molecule has 1 aliphatic heterocycles. The molecule has 0 radical (unpaired) electrons. The zero-order valence-corrected chi connectivity index (χ0v) is 15.8. The second-order valence-corrected chi connectivity index (χ2v) is 6.72. The molecule has 0 spiro atoms. The highest BCUT2D eigenvalue weighted by atomic mass is 16.2. The van der Waals surface area contributed by atoms with Gasteiger partial charge in [-0.3, -0.25) is 19.1 Å². The number of aryl methyl sites for hydroxylation is 1. The number of hydrogen-bond acceptors (Lipinski definition) is 4. The number of para-hydroxylation sites is 1. The van der Waals surface area contributed by atoms with Crippen LogP contribution >= 0.6 is 0 Å². The van der Waals surface area contributed by atoms with Crippen LogP contribution in [0.1, 0.15) is 15.9 Å². The molecular formula is C19H23N5O3. The molecule has 0 aliphatic carbocycles. The third-order valence-electron chi connectivity index (χ3n) is 4.73. The summed E-state index contributed by atoms with van der Waals surface area (Å²) in [5, 5.41) is 4.11. The molecule has 0 atom stereocenters. The molecule has 8 heteroatoms. The molecule has 0 saturated carbocycles. The molecule has 142 valence electrons. The van der Waals surface area contributed by atoms with Crippen molar-refractivity contribution >= 4 is 23.4 Å². The van der Waals surface area contributed by atoms with Gasteiger partial charge in [0.25, 0.3) is 5.91 Å². The molecular weight excluding hydrogens is 346 g/mol. The van der Waals surface area contributed by atoms with E-state index in [2.05, 4.69) is 5.10 Å². The van der Waals surface area contributed by atoms with E-state index in [1.807, 2.05) is 13.2 Å². The van der Waals surface area contributed by atoms with Crippen LogP contribution in [0.2, 0.25) is 0 Å². The van der Waals surface area contributed by atoms with Crippen molar-refractivity contribution < 1.29 is 14.4 Å². The smallest absolute Gasteiger partial charge is 0.256 e. The number of fused-ring (bicyclic) bond motifs is 1. The molecule has 1 aromatic carbocycles. The largest absolute Gasteiger partial charge is 0.344 e. The van der Waals surface area contributed by atoms with Gasteiger partial charge in [-0.2, -0.15) is 5.10 Å². The predicted molar refractivity (Wildman–Crippen MR) is 100 cm³/mol. The standard InChI is InChI=1S/C19H23N5O3/c1-21(9-8-14-10-20-22(2)11-14)17(25)12-24-13-18(26)23(3)16-7-5-4-6-15(16)19(24)27/h4-7,10-11H,8-9,12-13H2,1-3H3. The van der Waals surface area contributed by atoms with Gasteiger partial charge in [0.1, 0.15) is 13.1 Å². The number of carbonyl (C=O) groups excluding carboxylic acids is 3. The highest BCUT2D eigenvalue weighted by Crippen LogP contribution is 2.24. The van der Waals surface area contributed by atoms with E-state index >= 15 is 0 Å². The van der Waals surface area contributed by atoms with Gasteiger partial charge in [-0.1, -0.05) is 12.1 Å². The van der Waals surface area contributed by atoms with Gasteiger partial charge < -0.3 is 14.7 Å². The van der Waals surface area contributed by atoms with Crippen molar-refractivity contribution in [1.82, 2.24) is 19.6 Å². The number of carbonyl (C=O) groups is 3. The van der Waals surface area contributed by atoms with Crippen molar-refractivity contribution in [2.75, 3.05) is 38.6 Å². The Balaban J connectivity index is 1.67. The lowest BCUT2D eigenvalue weighted by atomic mass is 10.1. The third-order valence-corrected chi connectivity index (χ3v) is 4.73. The highest BCUT2D eigenvalue weighted by molar-refractivity contribution is 6.10. The first-order chi connectivity index (χ1) is 12.9. The first-order valence-electron chi connectivity index (χ1n) is 8.73. The van der Waals surface area contributed by atoms with Crippen LogP contribution in [0.25, 0.3) is 0 Å². The van der Waals surface area contributed by atoms with Crippen LogP contribution in [0.5, 0.6) is 0 Å². The molecule has 0 N–H and O–H groups in total. The molecule has 8 nitrogen and oxygen atoms in total. The van der Waals surface area contributed by atoms with Crippen LogP contribution in [-0.2, 0) is 23.1 Å². The normalized spacial score (nSPS) is 14.2. The monoisotopic (exact) mass is 369 g/mol. The lowest BCUT2D eigenvalue weighted by Gasteiger charge is -2.23. The Bertz CT molecular complexity index is 876. The number of benzene rings is 1. The summed E-state index contributed by atoms with van der Waals surface area (Å²) in [6.45, 7) is 0.263. The van der Waals surface area contributed by atoms with E-state index < -0.39 is 0 Å². The quantitative estimate of drug-likeness (QED) is 0.771. The van der Waals surface area contributed by atoms with E-state index in [0.717, 1.165) is 5.56 Å². The van der Waals surface area contributed by atoms with Gasteiger partial charge >= 0.3 is 0 Å². The van der Waals surface area contributed by atoms with Crippen molar-refractivity contribution in [2.24, 2.45) is 7.05 Å². The minimum absolute atomic E-state index is 0.119. The van der Waals surface area contributed by atoms with Gasteiger partial charge in [-0.25, -0.2) is 0 Å². The van der Waals surface area contributed by atoms with Gasteiger partial charge in [0, 0.05) is 33.9 Å². The molecule has 0 saturated heterocycles. The van der Waals surface area contributed by atoms with E-state index in [9.17, 15) is 14.4 Å². The number of hydrogen-bond donors (Lipinski definition) is 0. The molecule has 0 unspecified atom stereocenters. The maximum absolute atomic E-state index is 12.8. The van der Waals surface area contributed by atoms with Crippen molar-refractivity contribution in [1.29, 1.82) is 0 Å². The summed E-state index contributed by atoms with van der Waals surface area (Å²) in [4.78, 5) is 42.2. The van der Waals surface area contributed by atoms with E-state index in [1.54, 1.807) is 54.1 Å². The van der Waals surface area contributed by atoms with Crippen LogP contribution in [0, 0.1) is 0 Å².